The van der Waals surface area contributed by atoms with Gasteiger partial charge < -0.3 is 16.6 Å². The summed E-state index contributed by atoms with van der Waals surface area (Å²) in [5.41, 5.74) is 10.6. The lowest BCUT2D eigenvalue weighted by Crippen LogP contribution is -2.60. The molecule has 2 saturated heterocycles. The molecule has 8 saturated carbocycles. The van der Waals surface area contributed by atoms with Gasteiger partial charge in [0.25, 0.3) is 11.8 Å². The van der Waals surface area contributed by atoms with Crippen LogP contribution in [0.2, 0.25) is 30.1 Å². The summed E-state index contributed by atoms with van der Waals surface area (Å²) in [6, 6.07) is 5.09. The zero-order chi connectivity index (χ0) is 53.7. The number of primary amides is 1. The lowest BCUT2D eigenvalue weighted by atomic mass is 9.45. The Kier molecular flexibility index (Phi) is 17.3. The number of Topliss-reactive ketones (excluding diaryl/α,β-unsaturated/α-hetero) is 2. The number of carboxylic acids is 1. The predicted octanol–water partition coefficient (Wildman–Crippen LogP) is 9.42. The van der Waals surface area contributed by atoms with E-state index >= 15 is 0 Å². The molecule has 15 nitrogen and oxygen atoms in total. The van der Waals surface area contributed by atoms with Gasteiger partial charge in [-0.1, -0.05) is 69.6 Å². The van der Waals surface area contributed by atoms with Gasteiger partial charge in [-0.3, -0.25) is 19.2 Å². The van der Waals surface area contributed by atoms with Crippen LogP contribution in [0.5, 0.6) is 0 Å². The molecule has 2 heterocycles. The molecule has 4 atom stereocenters. The van der Waals surface area contributed by atoms with E-state index < -0.39 is 83.3 Å². The second-order valence-electron chi connectivity index (χ2n) is 21.5. The molecule has 8 bridgehead atoms. The molecule has 4 unspecified atom stereocenters. The standard InChI is InChI=1S/C24H27Cl3F2N2O4S.C11H9Cl3F2N2O4S.C11H18N2O.ClH/c1-13(32)23-7-14-2-15(8-23)19(16(3-14)9-23)6-18(33)10-30-11-24(28,29)12-31(36(30,34)35)22-20(26)4-17(25)5-21(22)27;12-6-1-7(13)10(8(14)2-6)18-5-11(15,16)4-17(3-9(19)20)23(18,21)22;12-9-7-1-6-2-8(9)5-11(3-6,4-7)10(13)14;/h4-5,14-16,19H,2-3,6-12H2,1H3;1-2H,3-5H2,(H,19,20);6-9H,1-5,12H2,(H2,13,14);1H. The van der Waals surface area contributed by atoms with E-state index in [4.69, 9.17) is 86.2 Å². The van der Waals surface area contributed by atoms with Crippen molar-refractivity contribution < 1.29 is 58.7 Å². The van der Waals surface area contributed by atoms with E-state index in [9.17, 15) is 53.6 Å². The van der Waals surface area contributed by atoms with Crippen LogP contribution in [0.25, 0.3) is 0 Å². The number of ketones is 2. The number of carboxylic acid groups (broad SMARTS) is 1. The third-order valence-electron chi connectivity index (χ3n) is 16.4. The van der Waals surface area contributed by atoms with Crippen LogP contribution in [0.1, 0.15) is 77.6 Å². The SMILES string of the molecule is CC(=O)C12CC3CC(C1)C(CC(=O)CN1CC(F)(F)CN(c4c(Cl)cc(Cl)cc4Cl)S1(=O)=O)C(C3)C2.Cl.NC(=O)C12CC3CC(C1)C(N)C(C3)C2.O=C(O)CN1CC(F)(F)CN(c2c(Cl)cc(Cl)cc2Cl)S1(=O)=O. The number of rotatable bonds is 10. The summed E-state index contributed by atoms with van der Waals surface area (Å²) in [6.07, 6.45) is 9.95. The minimum absolute atomic E-state index is 0. The van der Waals surface area contributed by atoms with Crippen LogP contribution in [0.4, 0.5) is 28.9 Å². The van der Waals surface area contributed by atoms with Crippen molar-refractivity contribution in [1.29, 1.82) is 0 Å². The second kappa shape index (κ2) is 21.5. The van der Waals surface area contributed by atoms with Gasteiger partial charge in [-0.2, -0.15) is 25.4 Å². The first-order valence-corrected chi connectivity index (χ1v) is 28.7. The summed E-state index contributed by atoms with van der Waals surface area (Å²) in [7, 11) is -9.06. The van der Waals surface area contributed by atoms with Crippen LogP contribution >= 0.6 is 82.0 Å². The Hall–Kier alpha value is -2.15. The molecule has 0 spiro atoms. The Morgan fingerprint density at radius 3 is 1.36 bits per heavy atom. The molecule has 2 aromatic carbocycles. The molecule has 10 fully saturated rings. The molecule has 412 valence electrons. The van der Waals surface area contributed by atoms with Gasteiger partial charge in [0.05, 0.1) is 51.1 Å². The van der Waals surface area contributed by atoms with Crippen molar-refractivity contribution in [3.05, 3.63) is 54.4 Å². The van der Waals surface area contributed by atoms with E-state index in [1.807, 2.05) is 0 Å². The normalized spacial score (nSPS) is 33.6. The van der Waals surface area contributed by atoms with Crippen molar-refractivity contribution >= 4 is 137 Å². The van der Waals surface area contributed by atoms with Gasteiger partial charge in [0.15, 0.2) is 0 Å². The molecule has 2 aromatic rings. The minimum atomic E-state index is -4.55. The van der Waals surface area contributed by atoms with Crippen LogP contribution in [-0.2, 0) is 39.6 Å². The van der Waals surface area contributed by atoms with Crippen molar-refractivity contribution in [2.75, 3.05) is 47.9 Å². The van der Waals surface area contributed by atoms with E-state index in [0.717, 1.165) is 69.4 Å². The van der Waals surface area contributed by atoms with Crippen molar-refractivity contribution in [2.45, 2.75) is 95.4 Å². The number of nitrogens with two attached hydrogens (primary N) is 2. The molecule has 8 aliphatic carbocycles. The topological polar surface area (TPSA) is 222 Å². The van der Waals surface area contributed by atoms with Gasteiger partial charge in [-0.15, -0.1) is 12.4 Å². The number of aliphatic carboxylic acids is 1. The summed E-state index contributed by atoms with van der Waals surface area (Å²) in [4.78, 5) is 47.8. The van der Waals surface area contributed by atoms with E-state index in [1.165, 1.54) is 25.0 Å². The first kappa shape index (κ1) is 59.5. The van der Waals surface area contributed by atoms with E-state index in [-0.39, 0.29) is 105 Å². The van der Waals surface area contributed by atoms with Crippen LogP contribution in [0.15, 0.2) is 24.3 Å². The largest absolute Gasteiger partial charge is 0.480 e. The number of carbonyl (C=O) groups excluding carboxylic acids is 3. The quantitative estimate of drug-likeness (QED) is 0.191. The molecule has 74 heavy (non-hydrogen) atoms. The molecule has 1 amide bonds. The fourth-order valence-corrected chi connectivity index (χ4v) is 19.4. The lowest BCUT2D eigenvalue weighted by molar-refractivity contribution is -0.150. The molecule has 0 radical (unpaired) electrons. The first-order valence-electron chi connectivity index (χ1n) is 23.7. The zero-order valence-electron chi connectivity index (χ0n) is 39.6. The zero-order valence-corrected chi connectivity index (χ0v) is 46.6. The second-order valence-corrected chi connectivity index (χ2v) is 27.7. The van der Waals surface area contributed by atoms with Crippen LogP contribution in [0, 0.1) is 52.3 Å². The third kappa shape index (κ3) is 11.8. The van der Waals surface area contributed by atoms with E-state index in [0.29, 0.717) is 36.7 Å². The number of amides is 1. The first-order chi connectivity index (χ1) is 33.7. The average Bonchev–Trinajstić information content (AvgIpc) is 3.23. The smallest absolute Gasteiger partial charge is 0.318 e. The number of carbonyl (C=O) groups is 4. The molecule has 5 N–H and O–H groups in total. The highest BCUT2D eigenvalue weighted by Crippen LogP contribution is 2.63. The number of nitrogens with zero attached hydrogens (tertiary/aromatic N) is 4. The Morgan fingerprint density at radius 1 is 0.622 bits per heavy atom. The van der Waals surface area contributed by atoms with Crippen molar-refractivity contribution in [1.82, 2.24) is 8.61 Å². The highest BCUT2D eigenvalue weighted by atomic mass is 35.5. The van der Waals surface area contributed by atoms with Crippen LogP contribution in [0.3, 0.4) is 0 Å². The highest BCUT2D eigenvalue weighted by molar-refractivity contribution is 7.91. The molecule has 12 rings (SSSR count). The van der Waals surface area contributed by atoms with Gasteiger partial charge >= 0.3 is 26.4 Å². The molecular formula is C46H55Cl7F4N6O9S2. The van der Waals surface area contributed by atoms with Gasteiger partial charge in [-0.05, 0) is 137 Å². The van der Waals surface area contributed by atoms with Crippen molar-refractivity contribution in [3.63, 3.8) is 0 Å². The van der Waals surface area contributed by atoms with Gasteiger partial charge in [0.2, 0.25) is 5.91 Å². The van der Waals surface area contributed by atoms with Crippen LogP contribution < -0.4 is 20.1 Å². The maximum absolute atomic E-state index is 14.7. The Morgan fingerprint density at radius 2 is 0.986 bits per heavy atom. The minimum Gasteiger partial charge on any atom is -0.480 e. The number of hydrogen-bond acceptors (Lipinski definition) is 9. The number of benzene rings is 2. The number of anilines is 2. The highest BCUT2D eigenvalue weighted by Gasteiger charge is 2.59. The monoisotopic (exact) mass is 1220 g/mol. The van der Waals surface area contributed by atoms with Crippen molar-refractivity contribution in [3.8, 4) is 0 Å². The van der Waals surface area contributed by atoms with Gasteiger partial charge in [0.1, 0.15) is 31.2 Å². The van der Waals surface area contributed by atoms with E-state index in [1.54, 1.807) is 6.92 Å². The van der Waals surface area contributed by atoms with Gasteiger partial charge in [0, 0.05) is 33.3 Å². The molecule has 10 aliphatic rings. The summed E-state index contributed by atoms with van der Waals surface area (Å²) in [5.74, 6) is -5.87. The molecule has 0 aromatic heterocycles. The van der Waals surface area contributed by atoms with Crippen LogP contribution in [-0.4, -0.2) is 111 Å². The summed E-state index contributed by atoms with van der Waals surface area (Å²) in [6.45, 7) is -4.84. The molecule has 2 aliphatic heterocycles. The number of hydrogen-bond donors (Lipinski definition) is 3. The Bertz CT molecular complexity index is 2750. The third-order valence-corrected chi connectivity index (χ3v) is 21.6. The lowest BCUT2D eigenvalue weighted by Gasteiger charge is -2.59. The Labute approximate surface area is 462 Å². The summed E-state index contributed by atoms with van der Waals surface area (Å²) >= 11 is 35.7. The number of alkyl halides is 4. The fourth-order valence-electron chi connectivity index (χ4n) is 13.8. The Balaban J connectivity index is 0.000000179. The summed E-state index contributed by atoms with van der Waals surface area (Å²) in [5, 5.41) is 8.07. The maximum Gasteiger partial charge on any atom is 0.318 e. The van der Waals surface area contributed by atoms with Gasteiger partial charge in [-0.25, -0.2) is 26.2 Å². The van der Waals surface area contributed by atoms with Crippen molar-refractivity contribution in [2.24, 2.45) is 63.7 Å². The maximum atomic E-state index is 14.7. The number of halogens is 11. The van der Waals surface area contributed by atoms with E-state index in [2.05, 4.69) is 0 Å². The molecular weight excluding hydrogens is 1170 g/mol. The fraction of sp³-hybridized carbons (Fsp3) is 0.652. The molecule has 28 heteroatoms. The summed E-state index contributed by atoms with van der Waals surface area (Å²) < 4.78 is 110. The average molecular weight is 1220 g/mol. The predicted molar refractivity (Wildman–Crippen MR) is 276 cm³/mol.